The highest BCUT2D eigenvalue weighted by Gasteiger charge is 2.18. The Morgan fingerprint density at radius 3 is 3.04 bits per heavy atom. The summed E-state index contributed by atoms with van der Waals surface area (Å²) in [7, 11) is 1.86. The van der Waals surface area contributed by atoms with Crippen LogP contribution in [-0.2, 0) is 11.8 Å². The van der Waals surface area contributed by atoms with E-state index in [-0.39, 0.29) is 5.91 Å². The monoisotopic (exact) mass is 366 g/mol. The maximum Gasteiger partial charge on any atom is 0.274 e. The molecule has 0 bridgehead atoms. The van der Waals surface area contributed by atoms with Crippen LogP contribution in [0, 0.1) is 12.8 Å². The number of aromatic nitrogens is 3. The zero-order valence-electron chi connectivity index (χ0n) is 15.4. The number of ether oxygens (including phenoxy) is 2. The van der Waals surface area contributed by atoms with Gasteiger partial charge in [-0.2, -0.15) is 0 Å². The molecule has 1 N–H and O–H groups in total. The standard InChI is InChI=1S/C20H22N4O3/c1-13-5-7-21-17(9-13)19(25)22-15-3-4-16-18(10-15)24(2)23-20(16)27-12-14-6-8-26-11-14/h3-5,7,9-10,14H,6,8,11-12H2,1-2H3,(H,22,25). The molecule has 0 spiro atoms. The van der Waals surface area contributed by atoms with Gasteiger partial charge in [-0.05, 0) is 49.2 Å². The van der Waals surface area contributed by atoms with Crippen molar-refractivity contribution in [1.29, 1.82) is 0 Å². The van der Waals surface area contributed by atoms with Crippen LogP contribution < -0.4 is 10.1 Å². The van der Waals surface area contributed by atoms with Crippen molar-refractivity contribution in [3.05, 3.63) is 47.8 Å². The number of carbonyl (C=O) groups is 1. The lowest BCUT2D eigenvalue weighted by molar-refractivity contribution is 0.102. The van der Waals surface area contributed by atoms with Gasteiger partial charge in [0.1, 0.15) is 5.69 Å². The van der Waals surface area contributed by atoms with Gasteiger partial charge in [0.15, 0.2) is 0 Å². The van der Waals surface area contributed by atoms with Gasteiger partial charge >= 0.3 is 0 Å². The fourth-order valence-corrected chi connectivity index (χ4v) is 3.18. The molecule has 7 nitrogen and oxygen atoms in total. The number of fused-ring (bicyclic) bond motifs is 1. The van der Waals surface area contributed by atoms with Gasteiger partial charge in [0.05, 0.1) is 24.1 Å². The fourth-order valence-electron chi connectivity index (χ4n) is 3.18. The summed E-state index contributed by atoms with van der Waals surface area (Å²) in [5, 5.41) is 8.28. The van der Waals surface area contributed by atoms with Crippen molar-refractivity contribution < 1.29 is 14.3 Å². The highest BCUT2D eigenvalue weighted by atomic mass is 16.5. The van der Waals surface area contributed by atoms with Crippen LogP contribution in [0.25, 0.3) is 10.9 Å². The Hall–Kier alpha value is -2.93. The lowest BCUT2D eigenvalue weighted by atomic mass is 10.1. The molecule has 27 heavy (non-hydrogen) atoms. The van der Waals surface area contributed by atoms with Crippen molar-refractivity contribution in [2.45, 2.75) is 13.3 Å². The molecule has 1 aromatic carbocycles. The topological polar surface area (TPSA) is 78.3 Å². The minimum absolute atomic E-state index is 0.238. The Bertz CT molecular complexity index is 977. The van der Waals surface area contributed by atoms with Crippen LogP contribution in [0.1, 0.15) is 22.5 Å². The van der Waals surface area contributed by atoms with Gasteiger partial charge in [-0.25, -0.2) is 0 Å². The largest absolute Gasteiger partial charge is 0.476 e. The number of pyridine rings is 1. The van der Waals surface area contributed by atoms with E-state index < -0.39 is 0 Å². The van der Waals surface area contributed by atoms with E-state index in [4.69, 9.17) is 9.47 Å². The summed E-state index contributed by atoms with van der Waals surface area (Å²) >= 11 is 0. The number of hydrogen-bond acceptors (Lipinski definition) is 5. The molecule has 0 aliphatic carbocycles. The minimum atomic E-state index is -0.238. The summed E-state index contributed by atoms with van der Waals surface area (Å²) in [6.45, 7) is 4.08. The van der Waals surface area contributed by atoms with E-state index in [1.807, 2.05) is 38.2 Å². The number of benzene rings is 1. The summed E-state index contributed by atoms with van der Waals surface area (Å²) in [5.74, 6) is 0.790. The van der Waals surface area contributed by atoms with Gasteiger partial charge in [-0.1, -0.05) is 0 Å². The fraction of sp³-hybridized carbons (Fsp3) is 0.350. The van der Waals surface area contributed by atoms with E-state index >= 15 is 0 Å². The first-order chi connectivity index (χ1) is 13.1. The van der Waals surface area contributed by atoms with Gasteiger partial charge in [-0.15, -0.1) is 5.10 Å². The second-order valence-electron chi connectivity index (χ2n) is 6.87. The molecule has 1 fully saturated rings. The predicted molar refractivity (Wildman–Crippen MR) is 102 cm³/mol. The van der Waals surface area contributed by atoms with Crippen molar-refractivity contribution in [2.24, 2.45) is 13.0 Å². The summed E-state index contributed by atoms with van der Waals surface area (Å²) < 4.78 is 13.1. The average molecular weight is 366 g/mol. The second-order valence-corrected chi connectivity index (χ2v) is 6.87. The molecule has 1 unspecified atom stereocenters. The summed E-state index contributed by atoms with van der Waals surface area (Å²) in [6, 6.07) is 9.28. The third-order valence-corrected chi connectivity index (χ3v) is 4.70. The number of nitrogens with one attached hydrogen (secondary N) is 1. The van der Waals surface area contributed by atoms with E-state index in [0.717, 1.165) is 36.1 Å². The number of nitrogens with zero attached hydrogens (tertiary/aromatic N) is 3. The molecule has 2 aromatic heterocycles. The van der Waals surface area contributed by atoms with Gasteiger partial charge in [0.2, 0.25) is 5.88 Å². The smallest absolute Gasteiger partial charge is 0.274 e. The third kappa shape index (κ3) is 3.78. The highest BCUT2D eigenvalue weighted by molar-refractivity contribution is 6.04. The third-order valence-electron chi connectivity index (χ3n) is 4.70. The number of carbonyl (C=O) groups excluding carboxylic acids is 1. The van der Waals surface area contributed by atoms with Crippen molar-refractivity contribution in [2.75, 3.05) is 25.1 Å². The summed E-state index contributed by atoms with van der Waals surface area (Å²) in [4.78, 5) is 16.5. The Kier molecular flexibility index (Phi) is 4.77. The zero-order valence-corrected chi connectivity index (χ0v) is 15.4. The summed E-state index contributed by atoms with van der Waals surface area (Å²) in [6.07, 6.45) is 2.65. The molecular weight excluding hydrogens is 344 g/mol. The van der Waals surface area contributed by atoms with Gasteiger partial charge in [-0.3, -0.25) is 14.5 Å². The van der Waals surface area contributed by atoms with Crippen LogP contribution in [-0.4, -0.2) is 40.5 Å². The van der Waals surface area contributed by atoms with Crippen LogP contribution in [0.15, 0.2) is 36.5 Å². The summed E-state index contributed by atoms with van der Waals surface area (Å²) in [5.41, 5.74) is 2.96. The molecule has 3 aromatic rings. The van der Waals surface area contributed by atoms with Gasteiger partial charge < -0.3 is 14.8 Å². The normalized spacial score (nSPS) is 16.6. The maximum atomic E-state index is 12.4. The molecule has 1 aliphatic heterocycles. The molecule has 0 radical (unpaired) electrons. The van der Waals surface area contributed by atoms with Crippen molar-refractivity contribution in [3.63, 3.8) is 0 Å². The molecule has 1 aliphatic rings. The van der Waals surface area contributed by atoms with Crippen LogP contribution >= 0.6 is 0 Å². The zero-order chi connectivity index (χ0) is 18.8. The molecule has 1 amide bonds. The van der Waals surface area contributed by atoms with Gasteiger partial charge in [0, 0.05) is 31.5 Å². The Morgan fingerprint density at radius 1 is 1.37 bits per heavy atom. The maximum absolute atomic E-state index is 12.4. The number of amides is 1. The lowest BCUT2D eigenvalue weighted by Crippen LogP contribution is -2.13. The highest BCUT2D eigenvalue weighted by Crippen LogP contribution is 2.28. The predicted octanol–water partition coefficient (Wildman–Crippen LogP) is 2.94. The average Bonchev–Trinajstić information content (AvgIpc) is 3.28. The first kappa shape index (κ1) is 17.5. The Balaban J connectivity index is 1.52. The lowest BCUT2D eigenvalue weighted by Gasteiger charge is -2.08. The van der Waals surface area contributed by atoms with E-state index in [1.165, 1.54) is 0 Å². The van der Waals surface area contributed by atoms with E-state index in [1.54, 1.807) is 16.9 Å². The van der Waals surface area contributed by atoms with Gasteiger partial charge in [0.25, 0.3) is 5.91 Å². The Labute approximate surface area is 157 Å². The number of hydrogen-bond donors (Lipinski definition) is 1. The van der Waals surface area contributed by atoms with E-state index in [2.05, 4.69) is 15.4 Å². The van der Waals surface area contributed by atoms with Crippen LogP contribution in [0.3, 0.4) is 0 Å². The molecule has 1 saturated heterocycles. The van der Waals surface area contributed by atoms with Crippen LogP contribution in [0.5, 0.6) is 5.88 Å². The van der Waals surface area contributed by atoms with Crippen LogP contribution in [0.2, 0.25) is 0 Å². The van der Waals surface area contributed by atoms with Crippen molar-refractivity contribution >= 4 is 22.5 Å². The van der Waals surface area contributed by atoms with Crippen LogP contribution in [0.4, 0.5) is 5.69 Å². The first-order valence-electron chi connectivity index (χ1n) is 9.01. The Morgan fingerprint density at radius 2 is 2.26 bits per heavy atom. The molecule has 3 heterocycles. The van der Waals surface area contributed by atoms with Crippen molar-refractivity contribution in [1.82, 2.24) is 14.8 Å². The van der Waals surface area contributed by atoms with E-state index in [9.17, 15) is 4.79 Å². The molecular formula is C20H22N4O3. The quantitative estimate of drug-likeness (QED) is 0.751. The minimum Gasteiger partial charge on any atom is -0.476 e. The molecule has 4 rings (SSSR count). The SMILES string of the molecule is Cc1ccnc(C(=O)Nc2ccc3c(OCC4CCOC4)nn(C)c3c2)c1. The molecule has 0 saturated carbocycles. The number of rotatable bonds is 5. The van der Waals surface area contributed by atoms with E-state index in [0.29, 0.717) is 29.8 Å². The number of aryl methyl sites for hydroxylation is 2. The number of anilines is 1. The molecule has 7 heteroatoms. The molecule has 140 valence electrons. The first-order valence-corrected chi connectivity index (χ1v) is 9.01. The second kappa shape index (κ2) is 7.36. The molecule has 1 atom stereocenters. The van der Waals surface area contributed by atoms with Crippen molar-refractivity contribution in [3.8, 4) is 5.88 Å².